The zero-order chi connectivity index (χ0) is 17.7. The van der Waals surface area contributed by atoms with E-state index in [0.29, 0.717) is 6.42 Å². The van der Waals surface area contributed by atoms with Crippen LogP contribution in [-0.4, -0.2) is 15.2 Å². The van der Waals surface area contributed by atoms with Crippen LogP contribution >= 0.6 is 0 Å². The van der Waals surface area contributed by atoms with Gasteiger partial charge in [-0.25, -0.2) is 0 Å². The largest absolute Gasteiger partial charge is 0.298 e. The van der Waals surface area contributed by atoms with Crippen LogP contribution in [0.3, 0.4) is 0 Å². The zero-order valence-electron chi connectivity index (χ0n) is 15.6. The molecule has 1 saturated carbocycles. The van der Waals surface area contributed by atoms with Gasteiger partial charge >= 0.3 is 0 Å². The standard InChI is InChI=1S/C22H34O2S/c23-21-18-14-9-7-5-3-1-2-4-6-8-10-15-19-22(21)25(24)20-16-12-11-13-17-20/h11-13,16-17,22H,1-10,14-15,18-19H2. The Kier molecular flexibility index (Phi) is 10.1. The molecule has 25 heavy (non-hydrogen) atoms. The lowest BCUT2D eigenvalue weighted by molar-refractivity contribution is -0.118. The molecule has 0 heterocycles. The predicted molar refractivity (Wildman–Crippen MR) is 106 cm³/mol. The molecule has 0 saturated heterocycles. The lowest BCUT2D eigenvalue weighted by Gasteiger charge is -2.16. The van der Waals surface area contributed by atoms with E-state index in [9.17, 15) is 9.00 Å². The molecular weight excluding hydrogens is 328 g/mol. The van der Waals surface area contributed by atoms with Gasteiger partial charge in [0.1, 0.15) is 5.78 Å². The third kappa shape index (κ3) is 7.85. The summed E-state index contributed by atoms with van der Waals surface area (Å²) in [5.41, 5.74) is 0. The Morgan fingerprint density at radius 1 is 0.680 bits per heavy atom. The van der Waals surface area contributed by atoms with Crippen molar-refractivity contribution in [1.29, 1.82) is 0 Å². The monoisotopic (exact) mass is 362 g/mol. The van der Waals surface area contributed by atoms with Crippen molar-refractivity contribution in [2.75, 3.05) is 0 Å². The Morgan fingerprint density at radius 3 is 1.72 bits per heavy atom. The smallest absolute Gasteiger partial charge is 0.148 e. The quantitative estimate of drug-likeness (QED) is 0.627. The van der Waals surface area contributed by atoms with Gasteiger partial charge in [0.15, 0.2) is 0 Å². The lowest BCUT2D eigenvalue weighted by atomic mass is 10.0. The fourth-order valence-electron chi connectivity index (χ4n) is 3.66. The van der Waals surface area contributed by atoms with Crippen molar-refractivity contribution in [1.82, 2.24) is 0 Å². The second-order valence-electron chi connectivity index (χ2n) is 7.35. The summed E-state index contributed by atoms with van der Waals surface area (Å²) in [6.07, 6.45) is 16.2. The first-order valence-corrected chi connectivity index (χ1v) is 11.5. The summed E-state index contributed by atoms with van der Waals surface area (Å²) >= 11 is 0. The van der Waals surface area contributed by atoms with Crippen LogP contribution in [0, 0.1) is 0 Å². The van der Waals surface area contributed by atoms with Crippen LogP contribution in [0.25, 0.3) is 0 Å². The fourth-order valence-corrected chi connectivity index (χ4v) is 5.16. The number of Topliss-reactive ketones (excluding diaryl/α,β-unsaturated/α-hetero) is 1. The van der Waals surface area contributed by atoms with E-state index in [0.717, 1.165) is 37.0 Å². The highest BCUT2D eigenvalue weighted by Gasteiger charge is 2.25. The van der Waals surface area contributed by atoms with Crippen LogP contribution in [0.15, 0.2) is 35.2 Å². The molecule has 0 aliphatic heterocycles. The third-order valence-corrected chi connectivity index (χ3v) is 6.98. The molecule has 2 nitrogen and oxygen atoms in total. The van der Waals surface area contributed by atoms with Crippen LogP contribution in [-0.2, 0) is 15.6 Å². The molecule has 1 aromatic carbocycles. The van der Waals surface area contributed by atoms with E-state index >= 15 is 0 Å². The van der Waals surface area contributed by atoms with Gasteiger partial charge in [0.25, 0.3) is 0 Å². The van der Waals surface area contributed by atoms with Gasteiger partial charge in [-0.15, -0.1) is 0 Å². The van der Waals surface area contributed by atoms with E-state index in [2.05, 4.69) is 0 Å². The predicted octanol–water partition coefficient (Wildman–Crippen LogP) is 6.21. The average molecular weight is 363 g/mol. The Hall–Kier alpha value is -0.960. The molecule has 140 valence electrons. The molecule has 0 aromatic heterocycles. The fraction of sp³-hybridized carbons (Fsp3) is 0.682. The zero-order valence-corrected chi connectivity index (χ0v) is 16.4. The van der Waals surface area contributed by atoms with E-state index in [1.54, 1.807) is 0 Å². The number of carbonyl (C=O) groups excluding carboxylic acids is 1. The maximum Gasteiger partial charge on any atom is 0.148 e. The Balaban J connectivity index is 1.95. The molecule has 0 radical (unpaired) electrons. The molecule has 0 spiro atoms. The lowest BCUT2D eigenvalue weighted by Crippen LogP contribution is -2.26. The number of rotatable bonds is 2. The van der Waals surface area contributed by atoms with Crippen molar-refractivity contribution in [3.05, 3.63) is 30.3 Å². The van der Waals surface area contributed by atoms with Crippen LogP contribution in [0.4, 0.5) is 0 Å². The first kappa shape index (κ1) is 20.4. The normalized spacial score (nSPS) is 23.8. The number of hydrogen-bond donors (Lipinski definition) is 0. The average Bonchev–Trinajstić information content (AvgIpc) is 2.64. The summed E-state index contributed by atoms with van der Waals surface area (Å²) in [5, 5.41) is -0.310. The maximum absolute atomic E-state index is 12.9. The van der Waals surface area contributed by atoms with Gasteiger partial charge in [0.2, 0.25) is 0 Å². The van der Waals surface area contributed by atoms with Crippen molar-refractivity contribution in [2.45, 2.75) is 100 Å². The molecule has 0 amide bonds. The molecule has 1 aromatic rings. The minimum absolute atomic E-state index is 0.217. The summed E-state index contributed by atoms with van der Waals surface area (Å²) in [4.78, 5) is 13.5. The second kappa shape index (κ2) is 12.4. The first-order valence-electron chi connectivity index (χ1n) is 10.3. The number of carbonyl (C=O) groups is 1. The van der Waals surface area contributed by atoms with Crippen LogP contribution in [0.1, 0.15) is 89.9 Å². The number of benzene rings is 1. The van der Waals surface area contributed by atoms with Gasteiger partial charge in [-0.3, -0.25) is 9.00 Å². The van der Waals surface area contributed by atoms with E-state index in [1.165, 1.54) is 51.4 Å². The van der Waals surface area contributed by atoms with Gasteiger partial charge in [0.05, 0.1) is 16.0 Å². The molecule has 1 fully saturated rings. The van der Waals surface area contributed by atoms with E-state index in [1.807, 2.05) is 30.3 Å². The van der Waals surface area contributed by atoms with Crippen LogP contribution in [0.5, 0.6) is 0 Å². The molecule has 1 aliphatic carbocycles. The van der Waals surface area contributed by atoms with Gasteiger partial charge < -0.3 is 0 Å². The topological polar surface area (TPSA) is 34.1 Å². The SMILES string of the molecule is O=C1CCCCCCCCCCCCCCC1S(=O)c1ccccc1. The highest BCUT2D eigenvalue weighted by Crippen LogP contribution is 2.21. The summed E-state index contributed by atoms with van der Waals surface area (Å²) < 4.78 is 12.9. The number of hydrogen-bond acceptors (Lipinski definition) is 2. The van der Waals surface area contributed by atoms with Crippen molar-refractivity contribution in [3.8, 4) is 0 Å². The minimum atomic E-state index is -1.21. The molecule has 2 atom stereocenters. The first-order chi connectivity index (χ1) is 12.3. The van der Waals surface area contributed by atoms with E-state index in [4.69, 9.17) is 0 Å². The van der Waals surface area contributed by atoms with Gasteiger partial charge in [-0.05, 0) is 25.0 Å². The maximum atomic E-state index is 12.9. The number of ketones is 1. The van der Waals surface area contributed by atoms with Crippen molar-refractivity contribution in [3.63, 3.8) is 0 Å². The summed E-state index contributed by atoms with van der Waals surface area (Å²) in [6.45, 7) is 0. The highest BCUT2D eigenvalue weighted by atomic mass is 32.2. The Bertz CT molecular complexity index is 512. The Labute approximate surface area is 156 Å². The van der Waals surface area contributed by atoms with Gasteiger partial charge in [0, 0.05) is 11.3 Å². The summed E-state index contributed by atoms with van der Waals surface area (Å²) in [5.74, 6) is 0.217. The molecule has 3 heteroatoms. The summed E-state index contributed by atoms with van der Waals surface area (Å²) in [7, 11) is -1.21. The molecule has 0 bridgehead atoms. The molecule has 0 N–H and O–H groups in total. The van der Waals surface area contributed by atoms with Crippen LogP contribution in [0.2, 0.25) is 0 Å². The molecule has 2 rings (SSSR count). The molecular formula is C22H34O2S. The second-order valence-corrected chi connectivity index (χ2v) is 8.98. The van der Waals surface area contributed by atoms with Gasteiger partial charge in [-0.1, -0.05) is 88.8 Å². The van der Waals surface area contributed by atoms with Crippen molar-refractivity contribution in [2.24, 2.45) is 0 Å². The highest BCUT2D eigenvalue weighted by molar-refractivity contribution is 7.86. The minimum Gasteiger partial charge on any atom is -0.298 e. The Morgan fingerprint density at radius 2 is 1.16 bits per heavy atom. The molecule has 1 aliphatic rings. The van der Waals surface area contributed by atoms with E-state index < -0.39 is 10.8 Å². The third-order valence-electron chi connectivity index (χ3n) is 5.23. The molecule has 2 unspecified atom stereocenters. The van der Waals surface area contributed by atoms with Crippen molar-refractivity contribution < 1.29 is 9.00 Å². The van der Waals surface area contributed by atoms with E-state index in [-0.39, 0.29) is 11.0 Å². The van der Waals surface area contributed by atoms with Crippen LogP contribution < -0.4 is 0 Å². The summed E-state index contributed by atoms with van der Waals surface area (Å²) in [6, 6.07) is 9.53. The van der Waals surface area contributed by atoms with Gasteiger partial charge in [-0.2, -0.15) is 0 Å². The van der Waals surface area contributed by atoms with Crippen molar-refractivity contribution >= 4 is 16.6 Å².